The third-order valence-electron chi connectivity index (χ3n) is 4.84. The predicted octanol–water partition coefficient (Wildman–Crippen LogP) is 2.80. The van der Waals surface area contributed by atoms with Gasteiger partial charge >= 0.3 is 0 Å². The van der Waals surface area contributed by atoms with Gasteiger partial charge in [0.25, 0.3) is 5.91 Å². The number of aryl methyl sites for hydroxylation is 3. The Bertz CT molecular complexity index is 911. The zero-order chi connectivity index (χ0) is 19.6. The van der Waals surface area contributed by atoms with Crippen LogP contribution in [0.5, 0.6) is 5.75 Å². The maximum absolute atomic E-state index is 12.9. The van der Waals surface area contributed by atoms with Crippen molar-refractivity contribution >= 4 is 15.7 Å². The molecule has 0 unspecified atom stereocenters. The normalized spacial score (nSPS) is 18.4. The first-order chi connectivity index (χ1) is 12.7. The van der Waals surface area contributed by atoms with Gasteiger partial charge in [0.05, 0.1) is 18.1 Å². The Hall–Kier alpha value is -2.28. The average molecular weight is 391 g/mol. The van der Waals surface area contributed by atoms with Crippen LogP contribution in [0.3, 0.4) is 0 Å². The van der Waals surface area contributed by atoms with Crippen molar-refractivity contribution in [2.45, 2.75) is 39.8 Å². The fraction of sp³-hybridized carbons (Fsp3) is 0.450. The molecule has 27 heavy (non-hydrogen) atoms. The van der Waals surface area contributed by atoms with Crippen molar-refractivity contribution in [3.05, 3.63) is 53.0 Å². The molecule has 6 nitrogen and oxygen atoms in total. The second kappa shape index (κ2) is 7.76. The lowest BCUT2D eigenvalue weighted by atomic mass is 10.1. The lowest BCUT2D eigenvalue weighted by Crippen LogP contribution is -2.43. The molecule has 0 radical (unpaired) electrons. The van der Waals surface area contributed by atoms with Gasteiger partial charge in [-0.2, -0.15) is 0 Å². The summed E-state index contributed by atoms with van der Waals surface area (Å²) in [6, 6.07) is 9.09. The molecule has 1 amide bonds. The van der Waals surface area contributed by atoms with Crippen molar-refractivity contribution in [1.29, 1.82) is 0 Å². The zero-order valence-electron chi connectivity index (χ0n) is 15.9. The van der Waals surface area contributed by atoms with Crippen molar-refractivity contribution in [3.63, 3.8) is 0 Å². The molecule has 2 heterocycles. The highest BCUT2D eigenvalue weighted by Gasteiger charge is 2.35. The van der Waals surface area contributed by atoms with Crippen LogP contribution in [0.15, 0.2) is 34.7 Å². The van der Waals surface area contributed by atoms with Gasteiger partial charge in [-0.25, -0.2) is 8.42 Å². The first kappa shape index (κ1) is 19.5. The number of para-hydroxylation sites is 1. The molecule has 2 aromatic rings. The van der Waals surface area contributed by atoms with E-state index in [1.807, 2.05) is 51.1 Å². The Balaban J connectivity index is 1.76. The van der Waals surface area contributed by atoms with E-state index in [1.54, 1.807) is 4.90 Å². The Morgan fingerprint density at radius 3 is 2.44 bits per heavy atom. The summed E-state index contributed by atoms with van der Waals surface area (Å²) < 4.78 is 35.2. The largest absolute Gasteiger partial charge is 0.483 e. The molecule has 0 bridgehead atoms. The molecule has 0 spiro atoms. The number of sulfone groups is 1. The summed E-state index contributed by atoms with van der Waals surface area (Å²) in [6.45, 7) is 5.80. The van der Waals surface area contributed by atoms with Crippen molar-refractivity contribution in [1.82, 2.24) is 4.90 Å². The lowest BCUT2D eigenvalue weighted by Gasteiger charge is -2.27. The maximum Gasteiger partial charge on any atom is 0.261 e. The molecule has 1 aromatic heterocycles. The minimum Gasteiger partial charge on any atom is -0.483 e. The molecule has 3 rings (SSSR count). The smallest absolute Gasteiger partial charge is 0.261 e. The van der Waals surface area contributed by atoms with Gasteiger partial charge in [0.1, 0.15) is 17.3 Å². The van der Waals surface area contributed by atoms with E-state index in [4.69, 9.17) is 9.15 Å². The average Bonchev–Trinajstić information content (AvgIpc) is 3.16. The van der Waals surface area contributed by atoms with Crippen LogP contribution in [0.2, 0.25) is 0 Å². The SMILES string of the molecule is Cc1ccc(CN(C(=O)COc2c(C)cccc2C)[C@H]2CCS(=O)(=O)C2)o1. The van der Waals surface area contributed by atoms with Crippen LogP contribution in [0.25, 0.3) is 0 Å². The number of hydrogen-bond acceptors (Lipinski definition) is 5. The number of rotatable bonds is 6. The number of ether oxygens (including phenoxy) is 1. The molecule has 0 N–H and O–H groups in total. The first-order valence-corrected chi connectivity index (χ1v) is 10.8. The molecule has 0 saturated carbocycles. The third-order valence-corrected chi connectivity index (χ3v) is 6.59. The van der Waals surface area contributed by atoms with E-state index < -0.39 is 9.84 Å². The lowest BCUT2D eigenvalue weighted by molar-refractivity contribution is -0.136. The topological polar surface area (TPSA) is 76.8 Å². The van der Waals surface area contributed by atoms with Crippen molar-refractivity contribution < 1.29 is 22.4 Å². The highest BCUT2D eigenvalue weighted by Crippen LogP contribution is 2.24. The second-order valence-corrected chi connectivity index (χ2v) is 9.33. The number of amides is 1. The number of carbonyl (C=O) groups is 1. The molecule has 1 aliphatic heterocycles. The molecule has 146 valence electrons. The minimum atomic E-state index is -3.11. The van der Waals surface area contributed by atoms with Crippen LogP contribution in [0.1, 0.15) is 29.1 Å². The van der Waals surface area contributed by atoms with Crippen LogP contribution in [-0.2, 0) is 21.2 Å². The van der Waals surface area contributed by atoms with Crippen LogP contribution < -0.4 is 4.74 Å². The van der Waals surface area contributed by atoms with Crippen LogP contribution in [0.4, 0.5) is 0 Å². The van der Waals surface area contributed by atoms with Gasteiger partial charge in [-0.3, -0.25) is 4.79 Å². The van der Waals surface area contributed by atoms with Gasteiger partial charge in [0, 0.05) is 6.04 Å². The monoisotopic (exact) mass is 391 g/mol. The third kappa shape index (κ3) is 4.71. The quantitative estimate of drug-likeness (QED) is 0.757. The number of hydrogen-bond donors (Lipinski definition) is 0. The van der Waals surface area contributed by atoms with Crippen molar-refractivity contribution in [3.8, 4) is 5.75 Å². The van der Waals surface area contributed by atoms with Crippen molar-refractivity contribution in [2.24, 2.45) is 0 Å². The van der Waals surface area contributed by atoms with E-state index in [0.29, 0.717) is 17.9 Å². The van der Waals surface area contributed by atoms with Gasteiger partial charge in [-0.15, -0.1) is 0 Å². The number of benzene rings is 1. The summed E-state index contributed by atoms with van der Waals surface area (Å²) in [5, 5.41) is 0. The fourth-order valence-electron chi connectivity index (χ4n) is 3.42. The Labute approximate surface area is 160 Å². The van der Waals surface area contributed by atoms with E-state index in [2.05, 4.69) is 0 Å². The van der Waals surface area contributed by atoms with E-state index in [9.17, 15) is 13.2 Å². The summed E-state index contributed by atoms with van der Waals surface area (Å²) >= 11 is 0. The molecular weight excluding hydrogens is 366 g/mol. The van der Waals surface area contributed by atoms with Gasteiger partial charge in [0.2, 0.25) is 0 Å². The summed E-state index contributed by atoms with van der Waals surface area (Å²) in [5.74, 6) is 1.94. The van der Waals surface area contributed by atoms with Gasteiger partial charge < -0.3 is 14.1 Å². The first-order valence-electron chi connectivity index (χ1n) is 8.99. The Morgan fingerprint density at radius 2 is 1.89 bits per heavy atom. The van der Waals surface area contributed by atoms with E-state index in [1.165, 1.54) is 0 Å². The Kier molecular flexibility index (Phi) is 5.60. The summed E-state index contributed by atoms with van der Waals surface area (Å²) in [6.07, 6.45) is 0.442. The number of furan rings is 1. The Morgan fingerprint density at radius 1 is 1.19 bits per heavy atom. The molecular formula is C20H25NO5S. The molecule has 1 aliphatic rings. The summed E-state index contributed by atoms with van der Waals surface area (Å²) in [4.78, 5) is 14.5. The van der Waals surface area contributed by atoms with Crippen LogP contribution in [-0.4, -0.2) is 43.4 Å². The standard InChI is InChI=1S/C20H25NO5S/c1-14-5-4-6-15(2)20(14)25-12-19(22)21(11-18-8-7-16(3)26-18)17-9-10-27(23,24)13-17/h4-8,17H,9-13H2,1-3H3/t17-/m0/s1. The molecule has 1 aromatic carbocycles. The molecule has 1 atom stereocenters. The maximum atomic E-state index is 12.9. The zero-order valence-corrected chi connectivity index (χ0v) is 16.7. The highest BCUT2D eigenvalue weighted by molar-refractivity contribution is 7.91. The van der Waals surface area contributed by atoms with Crippen molar-refractivity contribution in [2.75, 3.05) is 18.1 Å². The van der Waals surface area contributed by atoms with Gasteiger partial charge in [0.15, 0.2) is 16.4 Å². The summed E-state index contributed by atoms with van der Waals surface area (Å²) in [7, 11) is -3.11. The predicted molar refractivity (Wildman–Crippen MR) is 102 cm³/mol. The van der Waals surface area contributed by atoms with Gasteiger partial charge in [-0.05, 0) is 50.5 Å². The second-order valence-electron chi connectivity index (χ2n) is 7.10. The number of carbonyl (C=O) groups excluding carboxylic acids is 1. The fourth-order valence-corrected chi connectivity index (χ4v) is 5.15. The highest BCUT2D eigenvalue weighted by atomic mass is 32.2. The van der Waals surface area contributed by atoms with E-state index in [-0.39, 0.29) is 36.6 Å². The molecule has 1 saturated heterocycles. The van der Waals surface area contributed by atoms with E-state index >= 15 is 0 Å². The minimum absolute atomic E-state index is 0.0121. The summed E-state index contributed by atoms with van der Waals surface area (Å²) in [5.41, 5.74) is 1.92. The molecule has 1 fully saturated rings. The molecule has 0 aliphatic carbocycles. The van der Waals surface area contributed by atoms with Gasteiger partial charge in [-0.1, -0.05) is 18.2 Å². The molecule has 7 heteroatoms. The van der Waals surface area contributed by atoms with E-state index in [0.717, 1.165) is 16.9 Å². The number of nitrogens with zero attached hydrogens (tertiary/aromatic N) is 1. The van der Waals surface area contributed by atoms with Crippen LogP contribution in [0, 0.1) is 20.8 Å². The van der Waals surface area contributed by atoms with Crippen LogP contribution >= 0.6 is 0 Å².